The highest BCUT2D eigenvalue weighted by Gasteiger charge is 2.49. The van der Waals surface area contributed by atoms with E-state index in [9.17, 15) is 18.7 Å². The first-order valence-corrected chi connectivity index (χ1v) is 15.1. The molecule has 44 heavy (non-hydrogen) atoms. The van der Waals surface area contributed by atoms with Crippen molar-refractivity contribution in [1.29, 1.82) is 0 Å². The molecule has 0 spiro atoms. The third-order valence-corrected chi connectivity index (χ3v) is 9.76. The number of hydrogen-bond acceptors (Lipinski definition) is 8. The molecule has 226 valence electrons. The van der Waals surface area contributed by atoms with Crippen LogP contribution in [0.25, 0.3) is 27.4 Å². The number of benzene rings is 2. The summed E-state index contributed by atoms with van der Waals surface area (Å²) in [5.41, 5.74) is -0.863. The number of halogens is 2. The molecule has 4 saturated heterocycles. The summed E-state index contributed by atoms with van der Waals surface area (Å²) in [4.78, 5) is 27.9. The maximum atomic E-state index is 14.8. The number of phenolic OH excluding ortho intramolecular Hbond substituents is 1. The van der Waals surface area contributed by atoms with Crippen LogP contribution in [-0.2, 0) is 0 Å². The van der Waals surface area contributed by atoms with Gasteiger partial charge in [0.15, 0.2) is 0 Å². The van der Waals surface area contributed by atoms with E-state index in [1.807, 2.05) is 4.90 Å². The Morgan fingerprint density at radius 1 is 1.20 bits per heavy atom. The van der Waals surface area contributed by atoms with Gasteiger partial charge in [0, 0.05) is 55.8 Å². The molecule has 9 nitrogen and oxygen atoms in total. The van der Waals surface area contributed by atoms with Crippen LogP contribution in [0.1, 0.15) is 39.0 Å². The SMILES string of the molecule is [2H][C@]1(F)CN2CCC[C@@]2(COc2nc(N3C[C@H]4CC[C@@H](C3)N4)c3ccn(-c4cc(O)cc5ccc(F)c(C#C)c45)c(=O)c3n2)C1. The van der Waals surface area contributed by atoms with Crippen molar-refractivity contribution in [3.05, 3.63) is 58.3 Å². The molecule has 6 heterocycles. The van der Waals surface area contributed by atoms with Crippen molar-refractivity contribution in [2.45, 2.75) is 55.9 Å². The third-order valence-electron chi connectivity index (χ3n) is 9.76. The average molecular weight is 600 g/mol. The van der Waals surface area contributed by atoms with Gasteiger partial charge >= 0.3 is 6.01 Å². The summed E-state index contributed by atoms with van der Waals surface area (Å²) < 4.78 is 45.2. The quantitative estimate of drug-likeness (QED) is 0.336. The lowest BCUT2D eigenvalue weighted by Gasteiger charge is -2.34. The highest BCUT2D eigenvalue weighted by molar-refractivity contribution is 5.97. The minimum Gasteiger partial charge on any atom is -0.508 e. The Labute approximate surface area is 253 Å². The predicted octanol–water partition coefficient (Wildman–Crippen LogP) is 3.66. The number of aromatic hydroxyl groups is 1. The van der Waals surface area contributed by atoms with Crippen LogP contribution in [0.5, 0.6) is 11.8 Å². The molecule has 0 aliphatic carbocycles. The largest absolute Gasteiger partial charge is 0.508 e. The smallest absolute Gasteiger partial charge is 0.319 e. The molecular formula is C33H32F2N6O3. The highest BCUT2D eigenvalue weighted by atomic mass is 19.1. The molecule has 4 atom stereocenters. The van der Waals surface area contributed by atoms with Gasteiger partial charge in [-0.1, -0.05) is 12.0 Å². The molecule has 11 heteroatoms. The van der Waals surface area contributed by atoms with Crippen molar-refractivity contribution in [1.82, 2.24) is 24.8 Å². The van der Waals surface area contributed by atoms with E-state index in [4.69, 9.17) is 17.5 Å². The first-order valence-electron chi connectivity index (χ1n) is 15.6. The van der Waals surface area contributed by atoms with Crippen LogP contribution >= 0.6 is 0 Å². The number of nitrogens with one attached hydrogen (secondary N) is 1. The van der Waals surface area contributed by atoms with Crippen molar-refractivity contribution in [2.24, 2.45) is 0 Å². The topological polar surface area (TPSA) is 95.8 Å². The second kappa shape index (κ2) is 10.1. The Kier molecular flexibility index (Phi) is 6.03. The average Bonchev–Trinajstić information content (AvgIpc) is 3.63. The molecule has 4 aliphatic heterocycles. The summed E-state index contributed by atoms with van der Waals surface area (Å²) in [6.45, 7) is 2.23. The fraction of sp³-hybridized carbons (Fsp3) is 0.424. The van der Waals surface area contributed by atoms with Crippen molar-refractivity contribution in [2.75, 3.05) is 37.7 Å². The van der Waals surface area contributed by atoms with Gasteiger partial charge in [-0.15, -0.1) is 6.42 Å². The van der Waals surface area contributed by atoms with Crippen LogP contribution in [0.2, 0.25) is 0 Å². The second-order valence-electron chi connectivity index (χ2n) is 12.5. The summed E-state index contributed by atoms with van der Waals surface area (Å²) >= 11 is 0. The van der Waals surface area contributed by atoms with Gasteiger partial charge in [-0.2, -0.15) is 9.97 Å². The molecule has 8 rings (SSSR count). The maximum absolute atomic E-state index is 14.8. The summed E-state index contributed by atoms with van der Waals surface area (Å²) in [5.74, 6) is 2.24. The lowest BCUT2D eigenvalue weighted by Crippen LogP contribution is -2.51. The van der Waals surface area contributed by atoms with E-state index in [-0.39, 0.29) is 48.1 Å². The highest BCUT2D eigenvalue weighted by Crippen LogP contribution is 2.40. The molecule has 2 bridgehead atoms. The van der Waals surface area contributed by atoms with Crippen LogP contribution in [0.3, 0.4) is 0 Å². The number of ether oxygens (including phenoxy) is 1. The van der Waals surface area contributed by atoms with E-state index >= 15 is 0 Å². The van der Waals surface area contributed by atoms with Crippen molar-refractivity contribution in [3.63, 3.8) is 0 Å². The van der Waals surface area contributed by atoms with E-state index in [0.717, 1.165) is 19.3 Å². The minimum absolute atomic E-state index is 0.00285. The summed E-state index contributed by atoms with van der Waals surface area (Å²) in [7, 11) is 0. The Morgan fingerprint density at radius 3 is 2.82 bits per heavy atom. The van der Waals surface area contributed by atoms with Crippen molar-refractivity contribution >= 4 is 27.5 Å². The van der Waals surface area contributed by atoms with Crippen LogP contribution in [0.4, 0.5) is 14.6 Å². The number of anilines is 1. The second-order valence-corrected chi connectivity index (χ2v) is 12.5. The summed E-state index contributed by atoms with van der Waals surface area (Å²) in [5, 5.41) is 15.5. The summed E-state index contributed by atoms with van der Waals surface area (Å²) in [6.07, 6.45) is 8.93. The van der Waals surface area contributed by atoms with Gasteiger partial charge in [-0.25, -0.2) is 8.78 Å². The molecule has 0 radical (unpaired) electrons. The fourth-order valence-corrected chi connectivity index (χ4v) is 7.76. The zero-order chi connectivity index (χ0) is 31.1. The molecule has 2 aromatic carbocycles. The van der Waals surface area contributed by atoms with Crippen LogP contribution in [0.15, 0.2) is 41.3 Å². The van der Waals surface area contributed by atoms with Gasteiger partial charge < -0.3 is 20.1 Å². The number of fused-ring (bicyclic) bond motifs is 5. The van der Waals surface area contributed by atoms with E-state index in [0.29, 0.717) is 60.1 Å². The molecular weight excluding hydrogens is 566 g/mol. The Balaban J connectivity index is 1.28. The standard InChI is InChI=1S/C33H32F2N6O3/c1-2-24-26(35)7-4-19-12-23(42)13-27(28(19)24)41-11-8-25-29(31(41)43)37-32(38-30(25)39-16-21-5-6-22(17-39)36-21)44-18-33-9-3-10-40(33)15-20(34)14-33/h1,4,7-8,11-13,20-22,36,42H,3,5-6,9-10,14-18H2/t20-,21-,22+,33+/m1/s1/i20D. The van der Waals surface area contributed by atoms with E-state index in [1.165, 1.54) is 28.8 Å². The number of nitrogens with zero attached hydrogens (tertiary/aromatic N) is 5. The monoisotopic (exact) mass is 599 g/mol. The normalized spacial score (nSPS) is 28.4. The molecule has 0 amide bonds. The third kappa shape index (κ3) is 4.31. The molecule has 4 aliphatic rings. The Morgan fingerprint density at radius 2 is 2.02 bits per heavy atom. The first kappa shape index (κ1) is 26.2. The zero-order valence-corrected chi connectivity index (χ0v) is 24.0. The molecule has 4 aromatic rings. The van der Waals surface area contributed by atoms with Crippen molar-refractivity contribution in [3.8, 4) is 29.8 Å². The molecule has 0 saturated carbocycles. The van der Waals surface area contributed by atoms with Crippen LogP contribution in [-0.4, -0.2) is 81.1 Å². The van der Waals surface area contributed by atoms with Gasteiger partial charge in [0.1, 0.15) is 35.7 Å². The Hall–Kier alpha value is -4.27. The first-order chi connectivity index (χ1) is 21.6. The molecule has 4 fully saturated rings. The van der Waals surface area contributed by atoms with Gasteiger partial charge in [0.25, 0.3) is 5.56 Å². The van der Waals surface area contributed by atoms with Crippen LogP contribution < -0.4 is 20.5 Å². The minimum atomic E-state index is -2.05. The Bertz CT molecular complexity index is 1970. The predicted molar refractivity (Wildman–Crippen MR) is 163 cm³/mol. The molecule has 2 aromatic heterocycles. The fourth-order valence-electron chi connectivity index (χ4n) is 7.76. The van der Waals surface area contributed by atoms with Crippen molar-refractivity contribution < 1.29 is 20.0 Å². The number of hydrogen-bond donors (Lipinski definition) is 2. The maximum Gasteiger partial charge on any atom is 0.319 e. The lowest BCUT2D eigenvalue weighted by atomic mass is 9.95. The molecule has 2 N–H and O–H groups in total. The number of pyridine rings is 1. The number of phenols is 1. The zero-order valence-electron chi connectivity index (χ0n) is 25.0. The van der Waals surface area contributed by atoms with Gasteiger partial charge in [-0.05, 0) is 55.8 Å². The van der Waals surface area contributed by atoms with Gasteiger partial charge in [0.2, 0.25) is 0 Å². The number of terminal acetylenes is 1. The number of alkyl halides is 1. The number of piperazine rings is 1. The number of aromatic nitrogens is 3. The lowest BCUT2D eigenvalue weighted by molar-refractivity contribution is 0.107. The van der Waals surface area contributed by atoms with Crippen LogP contribution in [0, 0.1) is 18.2 Å². The van der Waals surface area contributed by atoms with Gasteiger partial charge in [-0.3, -0.25) is 14.3 Å². The summed E-state index contributed by atoms with van der Waals surface area (Å²) in [6, 6.07) is 7.92. The van der Waals surface area contributed by atoms with Gasteiger partial charge in [0.05, 0.1) is 23.5 Å². The van der Waals surface area contributed by atoms with E-state index < -0.39 is 23.1 Å². The molecule has 0 unspecified atom stereocenters. The number of rotatable bonds is 5. The van der Waals surface area contributed by atoms with E-state index in [1.54, 1.807) is 12.3 Å². The van der Waals surface area contributed by atoms with E-state index in [2.05, 4.69) is 21.1 Å².